The van der Waals surface area contributed by atoms with Crippen molar-refractivity contribution in [1.82, 2.24) is 15.5 Å². The Morgan fingerprint density at radius 3 is 2.75 bits per heavy atom. The molecular formula is C21H28FN3O2S. The second-order valence-corrected chi connectivity index (χ2v) is 8.10. The van der Waals surface area contributed by atoms with Gasteiger partial charge in [-0.2, -0.15) is 0 Å². The minimum absolute atomic E-state index is 0.0201. The average molecular weight is 406 g/mol. The number of amides is 2. The number of hydrogen-bond acceptors (Lipinski definition) is 3. The zero-order valence-electron chi connectivity index (χ0n) is 16.2. The molecule has 1 heterocycles. The predicted molar refractivity (Wildman–Crippen MR) is 110 cm³/mol. The van der Waals surface area contributed by atoms with E-state index < -0.39 is 0 Å². The van der Waals surface area contributed by atoms with Crippen LogP contribution in [-0.2, 0) is 16.1 Å². The van der Waals surface area contributed by atoms with Crippen molar-refractivity contribution in [1.29, 1.82) is 0 Å². The molecule has 1 aliphatic carbocycles. The molecule has 0 spiro atoms. The number of rotatable bonds is 7. The first-order chi connectivity index (χ1) is 13.5. The van der Waals surface area contributed by atoms with Crippen LogP contribution in [-0.4, -0.2) is 34.4 Å². The fourth-order valence-electron chi connectivity index (χ4n) is 4.07. The molecule has 5 nitrogen and oxygen atoms in total. The number of nitrogens with zero attached hydrogens (tertiary/aromatic N) is 1. The summed E-state index contributed by atoms with van der Waals surface area (Å²) in [6.45, 7) is 3.18. The molecule has 1 aromatic carbocycles. The van der Waals surface area contributed by atoms with Crippen LogP contribution in [0.25, 0.3) is 0 Å². The minimum atomic E-state index is -0.291. The Morgan fingerprint density at radius 2 is 2.04 bits per heavy atom. The zero-order valence-corrected chi connectivity index (χ0v) is 17.1. The number of fused-ring (bicyclic) bond motifs is 1. The van der Waals surface area contributed by atoms with Crippen LogP contribution in [0.4, 0.5) is 4.39 Å². The van der Waals surface area contributed by atoms with E-state index in [-0.39, 0.29) is 35.5 Å². The quantitative estimate of drug-likeness (QED) is 0.540. The molecule has 0 aromatic heterocycles. The topological polar surface area (TPSA) is 61.4 Å². The maximum Gasteiger partial charge on any atom is 0.233 e. The van der Waals surface area contributed by atoms with Gasteiger partial charge in [0, 0.05) is 25.0 Å². The van der Waals surface area contributed by atoms with Crippen molar-refractivity contribution in [3.8, 4) is 0 Å². The SMILES string of the molecule is CCCCCN1C(=O)C2CCC(C(=O)NCc3ccc(F)cc3)CC2NC1=S. The highest BCUT2D eigenvalue weighted by molar-refractivity contribution is 7.80. The summed E-state index contributed by atoms with van der Waals surface area (Å²) in [4.78, 5) is 27.1. The predicted octanol–water partition coefficient (Wildman–Crippen LogP) is 3.13. The number of nitrogens with one attached hydrogen (secondary N) is 2. The first-order valence-electron chi connectivity index (χ1n) is 10.1. The van der Waals surface area contributed by atoms with Gasteiger partial charge in [-0.25, -0.2) is 4.39 Å². The summed E-state index contributed by atoms with van der Waals surface area (Å²) in [7, 11) is 0. The molecule has 2 aliphatic rings. The standard InChI is InChI=1S/C21H28FN3O2S/c1-2-3-4-11-25-20(27)17-10-7-15(12-18(17)24-21(25)28)19(26)23-13-14-5-8-16(22)9-6-14/h5-6,8-9,15,17-18H,2-4,7,10-13H2,1H3,(H,23,26)(H,24,28). The molecular weight excluding hydrogens is 377 g/mol. The second kappa shape index (κ2) is 9.45. The smallest absolute Gasteiger partial charge is 0.233 e. The van der Waals surface area contributed by atoms with E-state index >= 15 is 0 Å². The third kappa shape index (κ3) is 4.87. The van der Waals surface area contributed by atoms with Crippen molar-refractivity contribution >= 4 is 29.1 Å². The Kier molecular flexibility index (Phi) is 6.99. The van der Waals surface area contributed by atoms with Crippen LogP contribution in [0.5, 0.6) is 0 Å². The number of hydrogen-bond donors (Lipinski definition) is 2. The van der Waals surface area contributed by atoms with Crippen LogP contribution < -0.4 is 10.6 Å². The van der Waals surface area contributed by atoms with Crippen LogP contribution in [0.3, 0.4) is 0 Å². The van der Waals surface area contributed by atoms with Crippen LogP contribution in [0.15, 0.2) is 24.3 Å². The van der Waals surface area contributed by atoms with Gasteiger partial charge in [0.15, 0.2) is 5.11 Å². The minimum Gasteiger partial charge on any atom is -0.359 e. The lowest BCUT2D eigenvalue weighted by Gasteiger charge is -2.43. The van der Waals surface area contributed by atoms with Gasteiger partial charge in [-0.05, 0) is 55.6 Å². The van der Waals surface area contributed by atoms with Crippen molar-refractivity contribution in [3.63, 3.8) is 0 Å². The van der Waals surface area contributed by atoms with Gasteiger partial charge in [-0.15, -0.1) is 0 Å². The van der Waals surface area contributed by atoms with E-state index in [1.807, 2.05) is 0 Å². The van der Waals surface area contributed by atoms with Gasteiger partial charge >= 0.3 is 0 Å². The Bertz CT molecular complexity index is 725. The molecule has 0 radical (unpaired) electrons. The number of thiocarbonyl (C=S) groups is 1. The molecule has 3 unspecified atom stereocenters. The molecule has 3 rings (SSSR count). The van der Waals surface area contributed by atoms with Crippen LogP contribution >= 0.6 is 12.2 Å². The second-order valence-electron chi connectivity index (χ2n) is 7.71. The van der Waals surface area contributed by atoms with Gasteiger partial charge in [0.05, 0.1) is 5.92 Å². The highest BCUT2D eigenvalue weighted by Gasteiger charge is 2.43. The lowest BCUT2D eigenvalue weighted by atomic mass is 9.76. The highest BCUT2D eigenvalue weighted by Crippen LogP contribution is 2.33. The molecule has 0 bridgehead atoms. The summed E-state index contributed by atoms with van der Waals surface area (Å²) < 4.78 is 13.0. The van der Waals surface area contributed by atoms with E-state index in [9.17, 15) is 14.0 Å². The molecule has 7 heteroatoms. The third-order valence-electron chi connectivity index (χ3n) is 5.72. The van der Waals surface area contributed by atoms with E-state index in [1.165, 1.54) is 12.1 Å². The average Bonchev–Trinajstić information content (AvgIpc) is 2.69. The van der Waals surface area contributed by atoms with Gasteiger partial charge < -0.3 is 10.6 Å². The maximum atomic E-state index is 13.0. The highest BCUT2D eigenvalue weighted by atomic mass is 32.1. The fourth-order valence-corrected chi connectivity index (χ4v) is 4.40. The summed E-state index contributed by atoms with van der Waals surface area (Å²) in [6, 6.07) is 6.03. The Labute approximate surface area is 171 Å². The third-order valence-corrected chi connectivity index (χ3v) is 6.06. The van der Waals surface area contributed by atoms with E-state index in [0.29, 0.717) is 37.5 Å². The molecule has 3 atom stereocenters. The van der Waals surface area contributed by atoms with Crippen LogP contribution in [0.1, 0.15) is 51.0 Å². The zero-order chi connectivity index (χ0) is 20.1. The van der Waals surface area contributed by atoms with E-state index in [0.717, 1.165) is 24.8 Å². The number of benzene rings is 1. The van der Waals surface area contributed by atoms with Gasteiger partial charge in [0.2, 0.25) is 11.8 Å². The molecule has 2 fully saturated rings. The van der Waals surface area contributed by atoms with Crippen LogP contribution in [0, 0.1) is 17.7 Å². The van der Waals surface area contributed by atoms with E-state index in [4.69, 9.17) is 12.2 Å². The summed E-state index contributed by atoms with van der Waals surface area (Å²) in [6.07, 6.45) is 5.13. The van der Waals surface area contributed by atoms with Gasteiger partial charge in [-0.3, -0.25) is 14.5 Å². The van der Waals surface area contributed by atoms with Crippen molar-refractivity contribution in [3.05, 3.63) is 35.6 Å². The number of halogens is 1. The number of carbonyl (C=O) groups is 2. The summed E-state index contributed by atoms with van der Waals surface area (Å²) >= 11 is 5.41. The summed E-state index contributed by atoms with van der Waals surface area (Å²) in [5.41, 5.74) is 0.860. The van der Waals surface area contributed by atoms with Gasteiger partial charge in [0.1, 0.15) is 5.82 Å². The molecule has 1 saturated heterocycles. The Hall–Kier alpha value is -2.02. The number of unbranched alkanes of at least 4 members (excludes halogenated alkanes) is 2. The lowest BCUT2D eigenvalue weighted by Crippen LogP contribution is -2.62. The molecule has 1 aliphatic heterocycles. The first kappa shape index (κ1) is 20.7. The summed E-state index contributed by atoms with van der Waals surface area (Å²) in [5.74, 6) is -0.449. The monoisotopic (exact) mass is 405 g/mol. The van der Waals surface area contributed by atoms with Gasteiger partial charge in [0.25, 0.3) is 0 Å². The summed E-state index contributed by atoms with van der Waals surface area (Å²) in [5, 5.41) is 6.73. The Morgan fingerprint density at radius 1 is 1.29 bits per heavy atom. The van der Waals surface area contributed by atoms with Crippen molar-refractivity contribution in [2.45, 2.75) is 58.0 Å². The number of carbonyl (C=O) groups excluding carboxylic acids is 2. The van der Waals surface area contributed by atoms with Gasteiger partial charge in [-0.1, -0.05) is 31.9 Å². The maximum absolute atomic E-state index is 13.0. The Balaban J connectivity index is 1.53. The van der Waals surface area contributed by atoms with Crippen molar-refractivity contribution < 1.29 is 14.0 Å². The van der Waals surface area contributed by atoms with E-state index in [1.54, 1.807) is 17.0 Å². The molecule has 1 saturated carbocycles. The largest absolute Gasteiger partial charge is 0.359 e. The van der Waals surface area contributed by atoms with Crippen molar-refractivity contribution in [2.75, 3.05) is 6.54 Å². The molecule has 152 valence electrons. The van der Waals surface area contributed by atoms with Crippen LogP contribution in [0.2, 0.25) is 0 Å². The molecule has 28 heavy (non-hydrogen) atoms. The van der Waals surface area contributed by atoms with Crippen molar-refractivity contribution in [2.24, 2.45) is 11.8 Å². The normalized spacial score (nSPS) is 24.5. The molecule has 2 N–H and O–H groups in total. The lowest BCUT2D eigenvalue weighted by molar-refractivity contribution is -0.137. The fraction of sp³-hybridized carbons (Fsp3) is 0.571. The molecule has 2 amide bonds. The first-order valence-corrected chi connectivity index (χ1v) is 10.5. The molecule has 1 aromatic rings. The van der Waals surface area contributed by atoms with E-state index in [2.05, 4.69) is 17.6 Å².